The van der Waals surface area contributed by atoms with Crippen molar-refractivity contribution in [1.82, 2.24) is 4.98 Å². The van der Waals surface area contributed by atoms with Crippen LogP contribution < -0.4 is 10.2 Å². The quantitative estimate of drug-likeness (QED) is 0.510. The van der Waals surface area contributed by atoms with E-state index in [1.165, 1.54) is 25.0 Å². The molecule has 148 valence electrons. The zero-order chi connectivity index (χ0) is 20.1. The van der Waals surface area contributed by atoms with E-state index in [2.05, 4.69) is 15.2 Å². The highest BCUT2D eigenvalue weighted by Crippen LogP contribution is 2.22. The number of hydrogen-bond donors (Lipinski definition) is 1. The first-order valence-electron chi connectivity index (χ1n) is 9.53. The van der Waals surface area contributed by atoms with Crippen LogP contribution >= 0.6 is 0 Å². The number of nitrogens with one attached hydrogen (secondary N) is 1. The van der Waals surface area contributed by atoms with E-state index >= 15 is 0 Å². The molecule has 1 amide bonds. The van der Waals surface area contributed by atoms with E-state index in [-0.39, 0.29) is 6.61 Å². The number of ether oxygens (including phenoxy) is 1. The van der Waals surface area contributed by atoms with Gasteiger partial charge in [-0.1, -0.05) is 12.1 Å². The van der Waals surface area contributed by atoms with Crippen LogP contribution in [0.1, 0.15) is 18.7 Å². The van der Waals surface area contributed by atoms with Crippen LogP contribution in [0.2, 0.25) is 0 Å². The van der Waals surface area contributed by atoms with Crippen LogP contribution in [0.15, 0.2) is 59.0 Å². The van der Waals surface area contributed by atoms with Crippen molar-refractivity contribution >= 4 is 40.4 Å². The topological polar surface area (TPSA) is 84.7 Å². The van der Waals surface area contributed by atoms with Crippen LogP contribution in [-0.4, -0.2) is 36.6 Å². The van der Waals surface area contributed by atoms with Gasteiger partial charge in [0.25, 0.3) is 5.91 Å². The fourth-order valence-electron chi connectivity index (χ4n) is 3.21. The molecular weight excluding hydrogens is 370 g/mol. The molecule has 0 saturated carbocycles. The Labute approximate surface area is 168 Å². The molecule has 0 spiro atoms. The monoisotopic (exact) mass is 391 g/mol. The van der Waals surface area contributed by atoms with Crippen molar-refractivity contribution in [2.24, 2.45) is 0 Å². The lowest BCUT2D eigenvalue weighted by Crippen LogP contribution is -2.20. The van der Waals surface area contributed by atoms with Gasteiger partial charge in [-0.2, -0.15) is 0 Å². The van der Waals surface area contributed by atoms with Crippen molar-refractivity contribution in [1.29, 1.82) is 0 Å². The molecule has 0 bridgehead atoms. The Morgan fingerprint density at radius 2 is 1.86 bits per heavy atom. The number of benzene rings is 2. The summed E-state index contributed by atoms with van der Waals surface area (Å²) in [5.41, 5.74) is 3.15. The smallest absolute Gasteiger partial charge is 0.331 e. The number of oxazole rings is 1. The molecule has 3 aromatic rings. The van der Waals surface area contributed by atoms with Gasteiger partial charge in [-0.3, -0.25) is 4.79 Å². The number of rotatable bonds is 6. The van der Waals surface area contributed by atoms with Crippen molar-refractivity contribution in [2.45, 2.75) is 12.8 Å². The first-order valence-corrected chi connectivity index (χ1v) is 9.53. The van der Waals surface area contributed by atoms with Crippen molar-refractivity contribution in [3.05, 3.63) is 60.5 Å². The average Bonchev–Trinajstić information content (AvgIpc) is 3.41. The molecule has 0 radical (unpaired) electrons. The highest BCUT2D eigenvalue weighted by Gasteiger charge is 2.12. The van der Waals surface area contributed by atoms with E-state index < -0.39 is 11.9 Å². The molecule has 2 heterocycles. The average molecular weight is 391 g/mol. The number of aromatic nitrogens is 1. The number of carbonyl (C=O) groups excluding carboxylic acids is 2. The minimum absolute atomic E-state index is 0.297. The van der Waals surface area contributed by atoms with E-state index in [9.17, 15) is 9.59 Å². The summed E-state index contributed by atoms with van der Waals surface area (Å²) in [4.78, 5) is 30.4. The van der Waals surface area contributed by atoms with Gasteiger partial charge in [-0.05, 0) is 49.2 Å². The molecular formula is C22H21N3O4. The van der Waals surface area contributed by atoms with E-state index in [1.807, 2.05) is 42.5 Å². The highest BCUT2D eigenvalue weighted by molar-refractivity contribution is 5.94. The lowest BCUT2D eigenvalue weighted by Gasteiger charge is -2.17. The van der Waals surface area contributed by atoms with Crippen LogP contribution in [-0.2, 0) is 14.3 Å². The van der Waals surface area contributed by atoms with E-state index in [0.717, 1.165) is 18.8 Å². The number of hydrogen-bond acceptors (Lipinski definition) is 6. The van der Waals surface area contributed by atoms with Gasteiger partial charge in [0.15, 0.2) is 12.2 Å². The van der Waals surface area contributed by atoms with Gasteiger partial charge in [0.1, 0.15) is 5.52 Å². The second kappa shape index (κ2) is 8.60. The second-order valence-corrected chi connectivity index (χ2v) is 6.75. The third-order valence-corrected chi connectivity index (χ3v) is 4.64. The van der Waals surface area contributed by atoms with Crippen molar-refractivity contribution in [2.75, 3.05) is 29.9 Å². The molecule has 7 heteroatoms. The lowest BCUT2D eigenvalue weighted by atomic mass is 10.2. The molecule has 1 aromatic heterocycles. The fourth-order valence-corrected chi connectivity index (χ4v) is 3.21. The Hall–Kier alpha value is -3.61. The normalized spacial score (nSPS) is 13.9. The van der Waals surface area contributed by atoms with Crippen molar-refractivity contribution < 1.29 is 18.7 Å². The second-order valence-electron chi connectivity index (χ2n) is 6.75. The third kappa shape index (κ3) is 4.82. The van der Waals surface area contributed by atoms with Crippen molar-refractivity contribution in [3.8, 4) is 0 Å². The van der Waals surface area contributed by atoms with Crippen molar-refractivity contribution in [3.63, 3.8) is 0 Å². The minimum atomic E-state index is -0.646. The molecule has 1 saturated heterocycles. The number of carbonyl (C=O) groups is 2. The highest BCUT2D eigenvalue weighted by atomic mass is 16.5. The van der Waals surface area contributed by atoms with Crippen LogP contribution in [0.4, 0.5) is 11.4 Å². The SMILES string of the molecule is O=C(COC(=O)/C=C/c1nc2ccccc2o1)Nc1ccc(N2CCCC2)cc1. The maximum absolute atomic E-state index is 12.0. The van der Waals surface area contributed by atoms with Crippen LogP contribution in [0.3, 0.4) is 0 Å². The number of esters is 1. The molecule has 29 heavy (non-hydrogen) atoms. The Balaban J connectivity index is 1.25. The van der Waals surface area contributed by atoms with Gasteiger partial charge < -0.3 is 19.4 Å². The summed E-state index contributed by atoms with van der Waals surface area (Å²) in [7, 11) is 0. The van der Waals surface area contributed by atoms with Crippen LogP contribution in [0, 0.1) is 0 Å². The van der Waals surface area contributed by atoms with E-state index in [1.54, 1.807) is 6.07 Å². The molecule has 1 aliphatic heterocycles. The summed E-state index contributed by atoms with van der Waals surface area (Å²) >= 11 is 0. The molecule has 1 fully saturated rings. The predicted molar refractivity (Wildman–Crippen MR) is 111 cm³/mol. The fraction of sp³-hybridized carbons (Fsp3) is 0.227. The van der Waals surface area contributed by atoms with E-state index in [4.69, 9.17) is 9.15 Å². The molecule has 0 atom stereocenters. The first kappa shape index (κ1) is 18.7. The number of nitrogens with zero attached hydrogens (tertiary/aromatic N) is 2. The summed E-state index contributed by atoms with van der Waals surface area (Å²) in [6.07, 6.45) is 5.02. The number of fused-ring (bicyclic) bond motifs is 1. The van der Waals surface area contributed by atoms with Gasteiger partial charge in [-0.25, -0.2) is 9.78 Å². The summed E-state index contributed by atoms with van der Waals surface area (Å²) in [6.45, 7) is 1.77. The van der Waals surface area contributed by atoms with E-state index in [0.29, 0.717) is 22.7 Å². The zero-order valence-electron chi connectivity index (χ0n) is 15.8. The Morgan fingerprint density at radius 3 is 2.62 bits per heavy atom. The Morgan fingerprint density at radius 1 is 1.10 bits per heavy atom. The summed E-state index contributed by atoms with van der Waals surface area (Å²) in [5, 5.41) is 2.72. The molecule has 1 N–H and O–H groups in total. The summed E-state index contributed by atoms with van der Waals surface area (Å²) in [6, 6.07) is 15.0. The largest absolute Gasteiger partial charge is 0.452 e. The van der Waals surface area contributed by atoms with Gasteiger partial charge in [0.05, 0.1) is 0 Å². The summed E-state index contributed by atoms with van der Waals surface area (Å²) in [5.74, 6) is -0.750. The molecule has 0 unspecified atom stereocenters. The number of para-hydroxylation sites is 2. The molecule has 7 nitrogen and oxygen atoms in total. The van der Waals surface area contributed by atoms with Crippen LogP contribution in [0.25, 0.3) is 17.2 Å². The zero-order valence-corrected chi connectivity index (χ0v) is 15.8. The molecule has 2 aromatic carbocycles. The van der Waals surface area contributed by atoms with Gasteiger partial charge in [-0.15, -0.1) is 0 Å². The number of amides is 1. The van der Waals surface area contributed by atoms with Gasteiger partial charge in [0.2, 0.25) is 5.89 Å². The maximum Gasteiger partial charge on any atom is 0.331 e. The number of anilines is 2. The van der Waals surface area contributed by atoms with Gasteiger partial charge in [0, 0.05) is 36.6 Å². The Kier molecular flexibility index (Phi) is 5.56. The Bertz CT molecular complexity index is 1000. The molecule has 4 rings (SSSR count). The predicted octanol–water partition coefficient (Wildman–Crippen LogP) is 3.62. The standard InChI is InChI=1S/C22H21N3O4/c26-20(23-16-7-9-17(10-8-16)25-13-3-4-14-25)15-28-22(27)12-11-21-24-18-5-1-2-6-19(18)29-21/h1-2,5-12H,3-4,13-15H2,(H,23,26)/b12-11+. The van der Waals surface area contributed by atoms with Gasteiger partial charge >= 0.3 is 5.97 Å². The minimum Gasteiger partial charge on any atom is -0.452 e. The first-order chi connectivity index (χ1) is 14.2. The molecule has 0 aliphatic carbocycles. The van der Waals surface area contributed by atoms with Crippen LogP contribution in [0.5, 0.6) is 0 Å². The molecule has 1 aliphatic rings. The maximum atomic E-state index is 12.0. The summed E-state index contributed by atoms with van der Waals surface area (Å²) < 4.78 is 10.4. The third-order valence-electron chi connectivity index (χ3n) is 4.64. The lowest BCUT2D eigenvalue weighted by molar-refractivity contribution is -0.142.